The zero-order valence-electron chi connectivity index (χ0n) is 20.9. The fraction of sp³-hybridized carbons (Fsp3) is 0.481. The highest BCUT2D eigenvalue weighted by Crippen LogP contribution is 2.27. The van der Waals surface area contributed by atoms with Crippen molar-refractivity contribution in [2.45, 2.75) is 39.7 Å². The lowest BCUT2D eigenvalue weighted by Crippen LogP contribution is -2.50. The number of carbonyl (C=O) groups is 1. The summed E-state index contributed by atoms with van der Waals surface area (Å²) in [5.41, 5.74) is 4.03. The van der Waals surface area contributed by atoms with Gasteiger partial charge in [-0.3, -0.25) is 14.6 Å². The molecule has 1 aromatic heterocycles. The SMILES string of the molecule is CCCc1nc2cc(OC[C@@H](O)CN3CCN(CC(=O)Nc4c(C)cccc4C)CC3)ccc2s1. The third-order valence-corrected chi connectivity index (χ3v) is 7.45. The van der Waals surface area contributed by atoms with Gasteiger partial charge in [-0.25, -0.2) is 4.98 Å². The minimum atomic E-state index is -0.573. The summed E-state index contributed by atoms with van der Waals surface area (Å²) in [5.74, 6) is 0.757. The Bertz CT molecular complexity index is 1120. The van der Waals surface area contributed by atoms with E-state index in [9.17, 15) is 9.90 Å². The first kappa shape index (κ1) is 25.6. The predicted molar refractivity (Wildman–Crippen MR) is 143 cm³/mol. The van der Waals surface area contributed by atoms with Crippen LogP contribution in [0.4, 0.5) is 5.69 Å². The van der Waals surface area contributed by atoms with Crippen molar-refractivity contribution in [1.29, 1.82) is 0 Å². The van der Waals surface area contributed by atoms with Crippen LogP contribution in [0.25, 0.3) is 10.2 Å². The van der Waals surface area contributed by atoms with Gasteiger partial charge in [-0.2, -0.15) is 0 Å². The van der Waals surface area contributed by atoms with Gasteiger partial charge in [0, 0.05) is 44.5 Å². The molecule has 0 bridgehead atoms. The van der Waals surface area contributed by atoms with Gasteiger partial charge >= 0.3 is 0 Å². The van der Waals surface area contributed by atoms with Crippen LogP contribution >= 0.6 is 11.3 Å². The number of rotatable bonds is 10. The molecular formula is C27H36N4O3S. The normalized spacial score (nSPS) is 15.9. The van der Waals surface area contributed by atoms with E-state index in [-0.39, 0.29) is 12.5 Å². The summed E-state index contributed by atoms with van der Waals surface area (Å²) in [6.45, 7) is 10.6. The smallest absolute Gasteiger partial charge is 0.238 e. The number of fused-ring (bicyclic) bond motifs is 1. The first-order chi connectivity index (χ1) is 16.9. The predicted octanol–water partition coefficient (Wildman–Crippen LogP) is 3.86. The first-order valence-corrected chi connectivity index (χ1v) is 13.2. The van der Waals surface area contributed by atoms with E-state index < -0.39 is 6.10 Å². The van der Waals surface area contributed by atoms with Gasteiger partial charge in [0.25, 0.3) is 0 Å². The Balaban J connectivity index is 1.18. The molecule has 1 atom stereocenters. The van der Waals surface area contributed by atoms with E-state index in [0.717, 1.165) is 72.1 Å². The van der Waals surface area contributed by atoms with Crippen molar-refractivity contribution in [2.75, 3.05) is 51.2 Å². The lowest BCUT2D eigenvalue weighted by Gasteiger charge is -2.35. The van der Waals surface area contributed by atoms with Crippen LogP contribution in [-0.2, 0) is 11.2 Å². The van der Waals surface area contributed by atoms with Crippen LogP contribution in [0, 0.1) is 13.8 Å². The Morgan fingerprint density at radius 1 is 1.14 bits per heavy atom. The zero-order valence-corrected chi connectivity index (χ0v) is 21.7. The number of para-hydroxylation sites is 1. The number of β-amino-alcohol motifs (C(OH)–C–C–N with tert-alkyl or cyclic N) is 1. The first-order valence-electron chi connectivity index (χ1n) is 12.4. The van der Waals surface area contributed by atoms with E-state index >= 15 is 0 Å². The van der Waals surface area contributed by atoms with Gasteiger partial charge in [-0.1, -0.05) is 25.1 Å². The Morgan fingerprint density at radius 3 is 2.57 bits per heavy atom. The molecule has 2 aromatic carbocycles. The highest BCUT2D eigenvalue weighted by atomic mass is 32.1. The molecule has 3 aromatic rings. The molecule has 0 saturated carbocycles. The molecule has 4 rings (SSSR count). The molecule has 188 valence electrons. The number of benzene rings is 2. The van der Waals surface area contributed by atoms with Gasteiger partial charge in [-0.15, -0.1) is 11.3 Å². The third kappa shape index (κ3) is 7.01. The van der Waals surface area contributed by atoms with E-state index in [4.69, 9.17) is 4.74 Å². The number of aliphatic hydroxyl groups is 1. The number of aromatic nitrogens is 1. The van der Waals surface area contributed by atoms with E-state index in [1.165, 1.54) is 4.70 Å². The highest BCUT2D eigenvalue weighted by Gasteiger charge is 2.21. The second-order valence-electron chi connectivity index (χ2n) is 9.34. The van der Waals surface area contributed by atoms with Gasteiger partial charge < -0.3 is 15.2 Å². The van der Waals surface area contributed by atoms with Gasteiger partial charge in [0.2, 0.25) is 5.91 Å². The van der Waals surface area contributed by atoms with Crippen molar-refractivity contribution < 1.29 is 14.6 Å². The molecule has 8 heteroatoms. The Kier molecular flexibility index (Phi) is 8.73. The number of nitrogens with zero attached hydrogens (tertiary/aromatic N) is 3. The number of carbonyl (C=O) groups excluding carboxylic acids is 1. The number of ether oxygens (including phenoxy) is 1. The quantitative estimate of drug-likeness (QED) is 0.444. The van der Waals surface area contributed by atoms with Crippen LogP contribution < -0.4 is 10.1 Å². The van der Waals surface area contributed by atoms with Crippen molar-refractivity contribution >= 4 is 33.1 Å². The number of anilines is 1. The van der Waals surface area contributed by atoms with Gasteiger partial charge in [0.1, 0.15) is 18.5 Å². The minimum absolute atomic E-state index is 0.0168. The molecule has 0 spiro atoms. The number of aliphatic hydroxyl groups excluding tert-OH is 1. The molecule has 2 heterocycles. The maximum absolute atomic E-state index is 12.6. The lowest BCUT2D eigenvalue weighted by molar-refractivity contribution is -0.117. The van der Waals surface area contributed by atoms with Crippen LogP contribution in [0.3, 0.4) is 0 Å². The number of aryl methyl sites for hydroxylation is 3. The summed E-state index contributed by atoms with van der Waals surface area (Å²) in [7, 11) is 0. The summed E-state index contributed by atoms with van der Waals surface area (Å²) >= 11 is 1.73. The average Bonchev–Trinajstić information content (AvgIpc) is 3.23. The largest absolute Gasteiger partial charge is 0.491 e. The topological polar surface area (TPSA) is 77.9 Å². The van der Waals surface area contributed by atoms with Crippen molar-refractivity contribution in [3.05, 3.63) is 52.5 Å². The summed E-state index contributed by atoms with van der Waals surface area (Å²) < 4.78 is 7.03. The van der Waals surface area contributed by atoms with Crippen molar-refractivity contribution in [2.24, 2.45) is 0 Å². The van der Waals surface area contributed by atoms with Crippen LogP contribution in [-0.4, -0.2) is 77.8 Å². The number of piperazine rings is 1. The van der Waals surface area contributed by atoms with Gasteiger partial charge in [0.05, 0.1) is 21.8 Å². The second kappa shape index (κ2) is 11.9. The van der Waals surface area contributed by atoms with Gasteiger partial charge in [-0.05, 0) is 49.9 Å². The Labute approximate surface area is 211 Å². The number of nitrogens with one attached hydrogen (secondary N) is 1. The fourth-order valence-corrected chi connectivity index (χ4v) is 5.48. The fourth-order valence-electron chi connectivity index (χ4n) is 4.43. The molecule has 1 saturated heterocycles. The number of hydrogen-bond donors (Lipinski definition) is 2. The second-order valence-corrected chi connectivity index (χ2v) is 10.5. The Morgan fingerprint density at radius 2 is 1.86 bits per heavy atom. The molecule has 1 amide bonds. The standard InChI is InChI=1S/C27H36N4O3S/c1-4-6-26-28-23-15-22(9-10-24(23)35-26)34-18-21(32)16-30-11-13-31(14-12-30)17-25(33)29-27-19(2)7-5-8-20(27)3/h5,7-10,15,21,32H,4,6,11-14,16-18H2,1-3H3,(H,29,33)/t21-/m0/s1. The van der Waals surface area contributed by atoms with Crippen LogP contribution in [0.5, 0.6) is 5.75 Å². The summed E-state index contributed by atoms with van der Waals surface area (Å²) in [6.07, 6.45) is 1.51. The highest BCUT2D eigenvalue weighted by molar-refractivity contribution is 7.18. The molecule has 2 N–H and O–H groups in total. The summed E-state index contributed by atoms with van der Waals surface area (Å²) in [5, 5.41) is 14.7. The Hall–Kier alpha value is -2.52. The summed E-state index contributed by atoms with van der Waals surface area (Å²) in [6, 6.07) is 12.0. The number of thiazole rings is 1. The van der Waals surface area contributed by atoms with E-state index in [0.29, 0.717) is 13.1 Å². The monoisotopic (exact) mass is 496 g/mol. The average molecular weight is 497 g/mol. The summed E-state index contributed by atoms with van der Waals surface area (Å²) in [4.78, 5) is 21.6. The minimum Gasteiger partial charge on any atom is -0.491 e. The molecule has 0 radical (unpaired) electrons. The zero-order chi connectivity index (χ0) is 24.8. The van der Waals surface area contributed by atoms with E-state index in [1.807, 2.05) is 50.2 Å². The molecular weight excluding hydrogens is 460 g/mol. The number of amides is 1. The molecule has 1 fully saturated rings. The maximum Gasteiger partial charge on any atom is 0.238 e. The van der Waals surface area contributed by atoms with Crippen molar-refractivity contribution in [3.8, 4) is 5.75 Å². The maximum atomic E-state index is 12.6. The van der Waals surface area contributed by atoms with E-state index in [2.05, 4.69) is 27.0 Å². The van der Waals surface area contributed by atoms with Crippen LogP contribution in [0.1, 0.15) is 29.5 Å². The third-order valence-electron chi connectivity index (χ3n) is 6.36. The van der Waals surface area contributed by atoms with Crippen LogP contribution in [0.2, 0.25) is 0 Å². The molecule has 1 aliphatic heterocycles. The molecule has 35 heavy (non-hydrogen) atoms. The molecule has 7 nitrogen and oxygen atoms in total. The molecule has 0 aliphatic carbocycles. The van der Waals surface area contributed by atoms with Crippen molar-refractivity contribution in [1.82, 2.24) is 14.8 Å². The van der Waals surface area contributed by atoms with Crippen molar-refractivity contribution in [3.63, 3.8) is 0 Å². The lowest BCUT2D eigenvalue weighted by atomic mass is 10.1. The molecule has 1 aliphatic rings. The number of hydrogen-bond acceptors (Lipinski definition) is 7. The van der Waals surface area contributed by atoms with Crippen LogP contribution in [0.15, 0.2) is 36.4 Å². The van der Waals surface area contributed by atoms with Gasteiger partial charge in [0.15, 0.2) is 0 Å². The van der Waals surface area contributed by atoms with E-state index in [1.54, 1.807) is 11.3 Å². The molecule has 0 unspecified atom stereocenters.